The number of carbonyl (C=O) groups excluding carboxylic acids is 1. The molecule has 156 valence electrons. The number of anilines is 1. The number of hydrogen-bond donors (Lipinski definition) is 0. The molecule has 0 aliphatic rings. The molecule has 0 spiro atoms. The predicted molar refractivity (Wildman–Crippen MR) is 116 cm³/mol. The van der Waals surface area contributed by atoms with Crippen molar-refractivity contribution in [2.45, 2.75) is 20.8 Å². The van der Waals surface area contributed by atoms with E-state index < -0.39 is 16.7 Å². The fourth-order valence-corrected chi connectivity index (χ4v) is 4.00. The van der Waals surface area contributed by atoms with Crippen molar-refractivity contribution in [3.05, 3.63) is 51.8 Å². The first-order valence-corrected chi connectivity index (χ1v) is 9.90. The standard InChI is InChI=1S/C19H22N4O4S.ClH/c1-4-21(5-2)11-12-22(18(24)14-9-10-16(27-14)23(25)26)19-20-17-13(3)7-6-8-15(17)28-19;/h6-10H,4-5,11-12H2,1-3H3;1H. The summed E-state index contributed by atoms with van der Waals surface area (Å²) < 4.78 is 6.13. The maximum atomic E-state index is 13.1. The lowest BCUT2D eigenvalue weighted by Gasteiger charge is -2.24. The molecule has 0 radical (unpaired) electrons. The number of thiazole rings is 1. The van der Waals surface area contributed by atoms with Gasteiger partial charge in [0.15, 0.2) is 10.9 Å². The molecule has 0 saturated carbocycles. The number of hydrogen-bond acceptors (Lipinski definition) is 7. The first kappa shape index (κ1) is 22.8. The number of carbonyl (C=O) groups is 1. The molecule has 0 atom stereocenters. The lowest BCUT2D eigenvalue weighted by Crippen LogP contribution is -2.38. The Morgan fingerprint density at radius 2 is 1.93 bits per heavy atom. The van der Waals surface area contributed by atoms with Crippen molar-refractivity contribution in [3.63, 3.8) is 0 Å². The minimum atomic E-state index is -0.655. The molecule has 3 aromatic rings. The van der Waals surface area contributed by atoms with E-state index in [1.165, 1.54) is 23.5 Å². The van der Waals surface area contributed by atoms with Crippen molar-refractivity contribution in [1.82, 2.24) is 9.88 Å². The zero-order valence-corrected chi connectivity index (χ0v) is 18.1. The summed E-state index contributed by atoms with van der Waals surface area (Å²) in [6.45, 7) is 8.90. The summed E-state index contributed by atoms with van der Waals surface area (Å²) in [5, 5.41) is 11.5. The van der Waals surface area contributed by atoms with Gasteiger partial charge in [-0.3, -0.25) is 19.8 Å². The molecule has 3 rings (SSSR count). The van der Waals surface area contributed by atoms with Crippen LogP contribution in [-0.2, 0) is 0 Å². The van der Waals surface area contributed by atoms with Gasteiger partial charge in [0.05, 0.1) is 16.3 Å². The van der Waals surface area contributed by atoms with Crippen LogP contribution in [0.1, 0.15) is 30.0 Å². The van der Waals surface area contributed by atoms with Crippen molar-refractivity contribution < 1.29 is 14.1 Å². The van der Waals surface area contributed by atoms with E-state index in [4.69, 9.17) is 4.42 Å². The molecule has 2 heterocycles. The Hall–Kier alpha value is -2.49. The molecule has 0 N–H and O–H groups in total. The number of nitro groups is 1. The minimum Gasteiger partial charge on any atom is -0.395 e. The van der Waals surface area contributed by atoms with E-state index in [0.29, 0.717) is 18.2 Å². The van der Waals surface area contributed by atoms with Crippen LogP contribution in [0.15, 0.2) is 34.7 Å². The Bertz CT molecular complexity index is 999. The lowest BCUT2D eigenvalue weighted by molar-refractivity contribution is -0.402. The molecule has 1 amide bonds. The van der Waals surface area contributed by atoms with E-state index in [2.05, 4.69) is 23.7 Å². The van der Waals surface area contributed by atoms with Crippen LogP contribution in [0.5, 0.6) is 0 Å². The third kappa shape index (κ3) is 4.92. The van der Waals surface area contributed by atoms with E-state index in [1.807, 2.05) is 25.1 Å². The fraction of sp³-hybridized carbons (Fsp3) is 0.368. The quantitative estimate of drug-likeness (QED) is 0.379. The summed E-state index contributed by atoms with van der Waals surface area (Å²) in [4.78, 5) is 31.7. The van der Waals surface area contributed by atoms with Gasteiger partial charge in [0.2, 0.25) is 0 Å². The van der Waals surface area contributed by atoms with Crippen molar-refractivity contribution >= 4 is 50.9 Å². The zero-order valence-electron chi connectivity index (χ0n) is 16.5. The number of fused-ring (bicyclic) bond motifs is 1. The van der Waals surface area contributed by atoms with E-state index in [0.717, 1.165) is 28.9 Å². The highest BCUT2D eigenvalue weighted by molar-refractivity contribution is 7.22. The predicted octanol–water partition coefficient (Wildman–Crippen LogP) is 4.52. The Labute approximate surface area is 178 Å². The molecule has 10 heteroatoms. The van der Waals surface area contributed by atoms with Crippen LogP contribution in [0.3, 0.4) is 0 Å². The molecule has 0 aliphatic carbocycles. The Morgan fingerprint density at radius 1 is 1.21 bits per heavy atom. The molecule has 0 fully saturated rings. The highest BCUT2D eigenvalue weighted by atomic mass is 35.5. The van der Waals surface area contributed by atoms with E-state index >= 15 is 0 Å². The Kier molecular flexibility index (Phi) is 7.72. The topological polar surface area (TPSA) is 92.7 Å². The normalized spacial score (nSPS) is 10.9. The Morgan fingerprint density at radius 3 is 2.52 bits per heavy atom. The van der Waals surface area contributed by atoms with Gasteiger partial charge in [-0.15, -0.1) is 12.4 Å². The highest BCUT2D eigenvalue weighted by Gasteiger charge is 2.26. The first-order chi connectivity index (χ1) is 13.4. The second-order valence-electron chi connectivity index (χ2n) is 6.30. The molecule has 29 heavy (non-hydrogen) atoms. The van der Waals surface area contributed by atoms with Gasteiger partial charge in [-0.05, 0) is 37.7 Å². The smallest absolute Gasteiger partial charge is 0.395 e. The van der Waals surface area contributed by atoms with Crippen LogP contribution in [0.2, 0.25) is 0 Å². The fourth-order valence-electron chi connectivity index (χ4n) is 2.93. The van der Waals surface area contributed by atoms with Gasteiger partial charge in [-0.2, -0.15) is 0 Å². The van der Waals surface area contributed by atoms with Crippen LogP contribution in [0.4, 0.5) is 11.0 Å². The molecule has 2 aromatic heterocycles. The number of aryl methyl sites for hydroxylation is 1. The molecule has 0 unspecified atom stereocenters. The zero-order chi connectivity index (χ0) is 20.3. The van der Waals surface area contributed by atoms with Crippen LogP contribution >= 0.6 is 23.7 Å². The molecule has 0 bridgehead atoms. The van der Waals surface area contributed by atoms with Gasteiger partial charge in [-0.25, -0.2) is 4.98 Å². The number of likely N-dealkylation sites (N-methyl/N-ethyl adjacent to an activating group) is 1. The number of furan rings is 1. The SMILES string of the molecule is CCN(CC)CCN(C(=O)c1ccc([N+](=O)[O-])o1)c1nc2c(C)cccc2s1.Cl. The molecule has 0 aliphatic heterocycles. The third-order valence-corrected chi connectivity index (χ3v) is 5.65. The van der Waals surface area contributed by atoms with Crippen molar-refractivity contribution in [2.75, 3.05) is 31.1 Å². The number of nitrogens with zero attached hydrogens (tertiary/aromatic N) is 4. The van der Waals surface area contributed by atoms with Gasteiger partial charge in [0.1, 0.15) is 4.92 Å². The van der Waals surface area contributed by atoms with Crippen LogP contribution < -0.4 is 4.90 Å². The third-order valence-electron chi connectivity index (χ3n) is 4.60. The summed E-state index contributed by atoms with van der Waals surface area (Å²) in [5.41, 5.74) is 1.89. The summed E-state index contributed by atoms with van der Waals surface area (Å²) in [5.74, 6) is -0.952. The van der Waals surface area contributed by atoms with Crippen molar-refractivity contribution in [3.8, 4) is 0 Å². The summed E-state index contributed by atoms with van der Waals surface area (Å²) >= 11 is 1.42. The molecule has 0 saturated heterocycles. The molecular weight excluding hydrogens is 416 g/mol. The molecular formula is C19H23ClN4O4S. The van der Waals surface area contributed by atoms with Gasteiger partial charge >= 0.3 is 5.88 Å². The minimum absolute atomic E-state index is 0. The number of rotatable bonds is 8. The van der Waals surface area contributed by atoms with Crippen molar-refractivity contribution in [2.24, 2.45) is 0 Å². The van der Waals surface area contributed by atoms with Crippen LogP contribution in [0.25, 0.3) is 10.2 Å². The highest BCUT2D eigenvalue weighted by Crippen LogP contribution is 2.31. The van der Waals surface area contributed by atoms with Crippen LogP contribution in [0, 0.1) is 17.0 Å². The van der Waals surface area contributed by atoms with Gasteiger partial charge in [0, 0.05) is 13.1 Å². The molecule has 1 aromatic carbocycles. The second kappa shape index (κ2) is 9.82. The van der Waals surface area contributed by atoms with Crippen molar-refractivity contribution in [1.29, 1.82) is 0 Å². The lowest BCUT2D eigenvalue weighted by atomic mass is 10.2. The number of aromatic nitrogens is 1. The number of halogens is 1. The summed E-state index contributed by atoms with van der Waals surface area (Å²) in [7, 11) is 0. The number of para-hydroxylation sites is 1. The maximum Gasteiger partial charge on any atom is 0.433 e. The van der Waals surface area contributed by atoms with Gasteiger partial charge in [0.25, 0.3) is 5.91 Å². The summed E-state index contributed by atoms with van der Waals surface area (Å²) in [6, 6.07) is 8.43. The average molecular weight is 439 g/mol. The van der Waals surface area contributed by atoms with Crippen LogP contribution in [-0.4, -0.2) is 46.9 Å². The monoisotopic (exact) mass is 438 g/mol. The number of benzene rings is 1. The second-order valence-corrected chi connectivity index (χ2v) is 7.31. The Balaban J connectivity index is 0.00000300. The first-order valence-electron chi connectivity index (χ1n) is 9.09. The summed E-state index contributed by atoms with van der Waals surface area (Å²) in [6.07, 6.45) is 0. The van der Waals surface area contributed by atoms with E-state index in [1.54, 1.807) is 4.90 Å². The van der Waals surface area contributed by atoms with E-state index in [-0.39, 0.29) is 18.2 Å². The maximum absolute atomic E-state index is 13.1. The van der Waals surface area contributed by atoms with Gasteiger partial charge < -0.3 is 9.32 Å². The van der Waals surface area contributed by atoms with Gasteiger partial charge in [-0.1, -0.05) is 37.3 Å². The number of amides is 1. The van der Waals surface area contributed by atoms with E-state index in [9.17, 15) is 14.9 Å². The average Bonchev–Trinajstić information content (AvgIpc) is 3.33. The molecule has 8 nitrogen and oxygen atoms in total. The largest absolute Gasteiger partial charge is 0.433 e.